The van der Waals surface area contributed by atoms with Gasteiger partial charge in [-0.25, -0.2) is 4.39 Å². The summed E-state index contributed by atoms with van der Waals surface area (Å²) < 4.78 is 19.7. The Morgan fingerprint density at radius 3 is 2.65 bits per heavy atom. The standard InChI is InChI=1S/C15H10BrClFNO/c16-14-6-10(7-17)1-2-15(14)20-9-12-3-11(8-19)4-13(18)5-12/h1-6H,7,9H2. The van der Waals surface area contributed by atoms with Crippen molar-refractivity contribution in [1.29, 1.82) is 5.26 Å². The molecule has 2 aromatic carbocycles. The van der Waals surface area contributed by atoms with E-state index in [-0.39, 0.29) is 12.2 Å². The molecule has 2 aromatic rings. The average Bonchev–Trinajstić information content (AvgIpc) is 2.45. The number of hydrogen-bond acceptors (Lipinski definition) is 2. The van der Waals surface area contributed by atoms with Crippen LogP contribution in [-0.2, 0) is 12.5 Å². The van der Waals surface area contributed by atoms with Crippen LogP contribution in [0.2, 0.25) is 0 Å². The highest BCUT2D eigenvalue weighted by Crippen LogP contribution is 2.27. The summed E-state index contributed by atoms with van der Waals surface area (Å²) in [5, 5.41) is 8.80. The molecular formula is C15H10BrClFNO. The van der Waals surface area contributed by atoms with Crippen LogP contribution in [0.4, 0.5) is 4.39 Å². The van der Waals surface area contributed by atoms with Gasteiger partial charge in [0.2, 0.25) is 0 Å². The quantitative estimate of drug-likeness (QED) is 0.740. The molecule has 0 unspecified atom stereocenters. The van der Waals surface area contributed by atoms with Crippen LogP contribution >= 0.6 is 27.5 Å². The summed E-state index contributed by atoms with van der Waals surface area (Å²) in [6, 6.07) is 11.6. The lowest BCUT2D eigenvalue weighted by molar-refractivity contribution is 0.303. The van der Waals surface area contributed by atoms with E-state index in [2.05, 4.69) is 15.9 Å². The predicted molar refractivity (Wildman–Crippen MR) is 79.1 cm³/mol. The third kappa shape index (κ3) is 3.72. The molecule has 0 saturated heterocycles. The third-order valence-corrected chi connectivity index (χ3v) is 3.56. The zero-order valence-corrected chi connectivity index (χ0v) is 12.7. The smallest absolute Gasteiger partial charge is 0.134 e. The summed E-state index contributed by atoms with van der Waals surface area (Å²) >= 11 is 9.14. The van der Waals surface area contributed by atoms with Crippen molar-refractivity contribution in [3.8, 4) is 11.8 Å². The van der Waals surface area contributed by atoms with Gasteiger partial charge in [-0.1, -0.05) is 6.07 Å². The Labute approximate surface area is 129 Å². The molecule has 2 rings (SSSR count). The maximum absolute atomic E-state index is 13.3. The summed E-state index contributed by atoms with van der Waals surface area (Å²) in [5.74, 6) is 0.620. The molecule has 2 nitrogen and oxygen atoms in total. The van der Waals surface area contributed by atoms with Crippen LogP contribution < -0.4 is 4.74 Å². The van der Waals surface area contributed by atoms with Crippen LogP contribution in [0.3, 0.4) is 0 Å². The molecule has 0 aliphatic carbocycles. The first-order valence-corrected chi connectivity index (χ1v) is 7.12. The molecule has 0 atom stereocenters. The highest BCUT2D eigenvalue weighted by molar-refractivity contribution is 9.10. The maximum Gasteiger partial charge on any atom is 0.134 e. The van der Waals surface area contributed by atoms with E-state index in [1.54, 1.807) is 12.1 Å². The van der Waals surface area contributed by atoms with Gasteiger partial charge in [-0.2, -0.15) is 5.26 Å². The van der Waals surface area contributed by atoms with Crippen molar-refractivity contribution in [2.24, 2.45) is 0 Å². The zero-order chi connectivity index (χ0) is 14.5. The van der Waals surface area contributed by atoms with Gasteiger partial charge in [0.25, 0.3) is 0 Å². The molecule has 0 fully saturated rings. The lowest BCUT2D eigenvalue weighted by Gasteiger charge is -2.09. The molecule has 0 aliphatic heterocycles. The van der Waals surface area contributed by atoms with Crippen molar-refractivity contribution in [2.45, 2.75) is 12.5 Å². The highest BCUT2D eigenvalue weighted by atomic mass is 79.9. The van der Waals surface area contributed by atoms with Gasteiger partial charge in [-0.05, 0) is 57.4 Å². The fourth-order valence-electron chi connectivity index (χ4n) is 1.70. The summed E-state index contributed by atoms with van der Waals surface area (Å²) in [5.41, 5.74) is 1.86. The number of halogens is 3. The predicted octanol–water partition coefficient (Wildman–Crippen LogP) is 4.78. The van der Waals surface area contributed by atoms with Crippen LogP contribution in [0.1, 0.15) is 16.7 Å². The first-order chi connectivity index (χ1) is 9.62. The lowest BCUT2D eigenvalue weighted by atomic mass is 10.1. The van der Waals surface area contributed by atoms with Gasteiger partial charge < -0.3 is 4.74 Å². The molecule has 20 heavy (non-hydrogen) atoms. The first-order valence-electron chi connectivity index (χ1n) is 5.79. The normalized spacial score (nSPS) is 10.1. The highest BCUT2D eigenvalue weighted by Gasteiger charge is 2.05. The van der Waals surface area contributed by atoms with E-state index < -0.39 is 5.82 Å². The fourth-order valence-corrected chi connectivity index (χ4v) is 2.41. The molecule has 5 heteroatoms. The van der Waals surface area contributed by atoms with Crippen molar-refractivity contribution in [3.63, 3.8) is 0 Å². The molecule has 0 aromatic heterocycles. The number of nitrogens with zero attached hydrogens (tertiary/aromatic N) is 1. The van der Waals surface area contributed by atoms with Crippen LogP contribution in [0.5, 0.6) is 5.75 Å². The van der Waals surface area contributed by atoms with Crippen molar-refractivity contribution in [2.75, 3.05) is 0 Å². The van der Waals surface area contributed by atoms with E-state index in [1.165, 1.54) is 12.1 Å². The van der Waals surface area contributed by atoms with Crippen molar-refractivity contribution in [3.05, 3.63) is 63.4 Å². The molecule has 0 bridgehead atoms. The molecule has 102 valence electrons. The van der Waals surface area contributed by atoms with Gasteiger partial charge in [0.1, 0.15) is 18.2 Å². The van der Waals surface area contributed by atoms with Crippen molar-refractivity contribution < 1.29 is 9.13 Å². The molecule has 0 heterocycles. The minimum Gasteiger partial charge on any atom is -0.488 e. The second-order valence-corrected chi connectivity index (χ2v) is 5.27. The van der Waals surface area contributed by atoms with E-state index >= 15 is 0 Å². The number of ether oxygens (including phenoxy) is 1. The van der Waals surface area contributed by atoms with Crippen molar-refractivity contribution in [1.82, 2.24) is 0 Å². The molecule has 0 saturated carbocycles. The number of alkyl halides is 1. The van der Waals surface area contributed by atoms with Gasteiger partial charge in [0, 0.05) is 5.88 Å². The van der Waals surface area contributed by atoms with E-state index in [9.17, 15) is 4.39 Å². The summed E-state index contributed by atoms with van der Waals surface area (Å²) in [6.45, 7) is 0.186. The largest absolute Gasteiger partial charge is 0.488 e. The monoisotopic (exact) mass is 353 g/mol. The van der Waals surface area contributed by atoms with E-state index in [1.807, 2.05) is 18.2 Å². The molecule has 0 spiro atoms. The third-order valence-electron chi connectivity index (χ3n) is 2.63. The van der Waals surface area contributed by atoms with Gasteiger partial charge in [0.15, 0.2) is 0 Å². The molecule has 0 aliphatic rings. The van der Waals surface area contributed by atoms with Crippen LogP contribution in [0, 0.1) is 17.1 Å². The van der Waals surface area contributed by atoms with E-state index in [4.69, 9.17) is 21.6 Å². The van der Waals surface area contributed by atoms with Crippen LogP contribution in [0.15, 0.2) is 40.9 Å². The van der Waals surface area contributed by atoms with Gasteiger partial charge in [-0.3, -0.25) is 0 Å². The first kappa shape index (κ1) is 14.8. The SMILES string of the molecule is N#Cc1cc(F)cc(COc2ccc(CCl)cc2Br)c1. The molecule has 0 N–H and O–H groups in total. The Hall–Kier alpha value is -1.57. The Kier molecular flexibility index (Phi) is 4.99. The van der Waals surface area contributed by atoms with Gasteiger partial charge in [0.05, 0.1) is 16.1 Å². The fraction of sp³-hybridized carbons (Fsp3) is 0.133. The molecular weight excluding hydrogens is 345 g/mol. The van der Waals surface area contributed by atoms with Gasteiger partial charge in [-0.15, -0.1) is 11.6 Å². The van der Waals surface area contributed by atoms with E-state index in [0.717, 1.165) is 10.0 Å². The van der Waals surface area contributed by atoms with Crippen LogP contribution in [-0.4, -0.2) is 0 Å². The maximum atomic E-state index is 13.3. The van der Waals surface area contributed by atoms with Crippen molar-refractivity contribution >= 4 is 27.5 Å². The molecule has 0 radical (unpaired) electrons. The summed E-state index contributed by atoms with van der Waals surface area (Å²) in [4.78, 5) is 0. The Balaban J connectivity index is 2.13. The summed E-state index contributed by atoms with van der Waals surface area (Å²) in [6.07, 6.45) is 0. The molecule has 0 amide bonds. The number of rotatable bonds is 4. The average molecular weight is 355 g/mol. The Morgan fingerprint density at radius 2 is 2.00 bits per heavy atom. The number of nitriles is 1. The van der Waals surface area contributed by atoms with E-state index in [0.29, 0.717) is 17.2 Å². The number of hydrogen-bond donors (Lipinski definition) is 0. The lowest BCUT2D eigenvalue weighted by Crippen LogP contribution is -1.98. The van der Waals surface area contributed by atoms with Gasteiger partial charge >= 0.3 is 0 Å². The topological polar surface area (TPSA) is 33.0 Å². The zero-order valence-electron chi connectivity index (χ0n) is 10.4. The minimum absolute atomic E-state index is 0.186. The number of benzene rings is 2. The second-order valence-electron chi connectivity index (χ2n) is 4.15. The van der Waals surface area contributed by atoms with Crippen LogP contribution in [0.25, 0.3) is 0 Å². The minimum atomic E-state index is -0.445. The summed E-state index contributed by atoms with van der Waals surface area (Å²) in [7, 11) is 0. The Bertz CT molecular complexity index is 669. The second kappa shape index (κ2) is 6.74. The Morgan fingerprint density at radius 1 is 1.20 bits per heavy atom.